The zero-order valence-electron chi connectivity index (χ0n) is 14.4. The van der Waals surface area contributed by atoms with E-state index in [0.717, 1.165) is 31.5 Å². The van der Waals surface area contributed by atoms with E-state index in [1.54, 1.807) is 12.4 Å². The van der Waals surface area contributed by atoms with Gasteiger partial charge in [0.2, 0.25) is 5.91 Å². The van der Waals surface area contributed by atoms with E-state index in [2.05, 4.69) is 21.9 Å². The van der Waals surface area contributed by atoms with Crippen LogP contribution in [-0.4, -0.2) is 66.5 Å². The van der Waals surface area contributed by atoms with Gasteiger partial charge in [-0.05, 0) is 19.9 Å². The lowest BCUT2D eigenvalue weighted by atomic mass is 9.79. The van der Waals surface area contributed by atoms with Gasteiger partial charge in [0.25, 0.3) is 0 Å². The van der Waals surface area contributed by atoms with E-state index in [0.29, 0.717) is 13.1 Å². The van der Waals surface area contributed by atoms with E-state index in [1.165, 1.54) is 11.1 Å². The van der Waals surface area contributed by atoms with Gasteiger partial charge in [0.05, 0.1) is 23.3 Å². The number of allylic oxidation sites excluding steroid dienone is 1. The van der Waals surface area contributed by atoms with Crippen molar-refractivity contribution in [3.63, 3.8) is 0 Å². The molecule has 136 valence electrons. The lowest BCUT2D eigenvalue weighted by Gasteiger charge is -2.49. The van der Waals surface area contributed by atoms with Crippen molar-refractivity contribution in [1.82, 2.24) is 19.8 Å². The number of nitrogens with one attached hydrogen (secondary N) is 1. The van der Waals surface area contributed by atoms with E-state index in [-0.39, 0.29) is 29.5 Å². The number of H-pyrrole nitrogens is 1. The number of nitrogens with zero attached hydrogens (tertiary/aromatic N) is 3. The normalized spacial score (nSPS) is 27.6. The predicted octanol–water partition coefficient (Wildman–Crippen LogP) is 0.664. The maximum Gasteiger partial charge on any atom is 0.223 e. The molecular weight excluding hydrogens is 340 g/mol. The number of amides is 1. The number of carbonyl (C=O) groups is 1. The highest BCUT2D eigenvalue weighted by molar-refractivity contribution is 7.94. The first-order valence-corrected chi connectivity index (χ1v) is 10.5. The summed E-state index contributed by atoms with van der Waals surface area (Å²) in [6, 6.07) is 0. The van der Waals surface area contributed by atoms with Gasteiger partial charge in [-0.3, -0.25) is 9.69 Å². The Hall–Kier alpha value is -1.67. The van der Waals surface area contributed by atoms with Gasteiger partial charge in [0.15, 0.2) is 9.84 Å². The van der Waals surface area contributed by atoms with E-state index in [9.17, 15) is 13.2 Å². The first kappa shape index (κ1) is 16.8. The molecule has 0 saturated carbocycles. The highest BCUT2D eigenvalue weighted by Crippen LogP contribution is 2.41. The van der Waals surface area contributed by atoms with Crippen LogP contribution in [-0.2, 0) is 26.6 Å². The Balaban J connectivity index is 1.42. The highest BCUT2D eigenvalue weighted by Gasteiger charge is 2.45. The summed E-state index contributed by atoms with van der Waals surface area (Å²) >= 11 is 0. The predicted molar refractivity (Wildman–Crippen MR) is 93.4 cm³/mol. The first-order valence-electron chi connectivity index (χ1n) is 8.82. The number of imidazole rings is 1. The SMILES string of the molecule is CN1CCc2[nH]cnc2C12CCN(C(=O)CC1C=CS(=O)(=O)C1)CC2. The average Bonchev–Trinajstić information content (AvgIpc) is 3.18. The fourth-order valence-electron chi connectivity index (χ4n) is 4.45. The zero-order valence-corrected chi connectivity index (χ0v) is 15.3. The molecule has 0 bridgehead atoms. The van der Waals surface area contributed by atoms with Gasteiger partial charge in [0.1, 0.15) is 0 Å². The van der Waals surface area contributed by atoms with Gasteiger partial charge >= 0.3 is 0 Å². The zero-order chi connectivity index (χ0) is 17.7. The van der Waals surface area contributed by atoms with Crippen LogP contribution in [0.2, 0.25) is 0 Å². The second-order valence-electron chi connectivity index (χ2n) is 7.44. The number of likely N-dealkylation sites (N-methyl/N-ethyl adjacent to an activating group) is 1. The van der Waals surface area contributed by atoms with Crippen LogP contribution in [0.5, 0.6) is 0 Å². The molecule has 0 aliphatic carbocycles. The third-order valence-electron chi connectivity index (χ3n) is 5.97. The van der Waals surface area contributed by atoms with Gasteiger partial charge in [0, 0.05) is 49.5 Å². The molecular formula is C17H24N4O3S. The summed E-state index contributed by atoms with van der Waals surface area (Å²) in [5.41, 5.74) is 2.28. The number of hydrogen-bond acceptors (Lipinski definition) is 5. The number of aromatic nitrogens is 2. The van der Waals surface area contributed by atoms with Crippen LogP contribution in [0, 0.1) is 5.92 Å². The van der Waals surface area contributed by atoms with Crippen molar-refractivity contribution in [1.29, 1.82) is 0 Å². The minimum atomic E-state index is -3.10. The smallest absolute Gasteiger partial charge is 0.223 e. The summed E-state index contributed by atoms with van der Waals surface area (Å²) in [6.45, 7) is 2.38. The lowest BCUT2D eigenvalue weighted by Crippen LogP contribution is -2.55. The third-order valence-corrected chi connectivity index (χ3v) is 7.44. The minimum absolute atomic E-state index is 0.0577. The molecule has 25 heavy (non-hydrogen) atoms. The van der Waals surface area contributed by atoms with Gasteiger partial charge in [-0.2, -0.15) is 0 Å². The van der Waals surface area contributed by atoms with E-state index in [4.69, 9.17) is 0 Å². The maximum absolute atomic E-state index is 12.6. The largest absolute Gasteiger partial charge is 0.348 e. The molecule has 1 atom stereocenters. The van der Waals surface area contributed by atoms with Crippen LogP contribution in [0.4, 0.5) is 0 Å². The fraction of sp³-hybridized carbons (Fsp3) is 0.647. The van der Waals surface area contributed by atoms with Crippen molar-refractivity contribution >= 4 is 15.7 Å². The summed E-state index contributed by atoms with van der Waals surface area (Å²) in [5, 5.41) is 1.24. The molecule has 1 fully saturated rings. The molecule has 1 unspecified atom stereocenters. The highest BCUT2D eigenvalue weighted by atomic mass is 32.2. The summed E-state index contributed by atoms with van der Waals surface area (Å²) in [6.07, 6.45) is 6.43. The summed E-state index contributed by atoms with van der Waals surface area (Å²) in [5.74, 6) is -0.0541. The van der Waals surface area contributed by atoms with Gasteiger partial charge in [-0.25, -0.2) is 13.4 Å². The Morgan fingerprint density at radius 1 is 1.36 bits per heavy atom. The van der Waals surface area contributed by atoms with Gasteiger partial charge < -0.3 is 9.88 Å². The van der Waals surface area contributed by atoms with Crippen LogP contribution in [0.1, 0.15) is 30.7 Å². The number of piperidine rings is 1. The summed E-state index contributed by atoms with van der Waals surface area (Å²) in [4.78, 5) is 24.7. The maximum atomic E-state index is 12.6. The number of aromatic amines is 1. The number of rotatable bonds is 2. The van der Waals surface area contributed by atoms with Crippen molar-refractivity contribution in [2.45, 2.75) is 31.2 Å². The first-order chi connectivity index (χ1) is 11.9. The molecule has 1 saturated heterocycles. The summed E-state index contributed by atoms with van der Waals surface area (Å²) in [7, 11) is -0.956. The van der Waals surface area contributed by atoms with Crippen LogP contribution in [0.3, 0.4) is 0 Å². The number of likely N-dealkylation sites (tertiary alicyclic amines) is 1. The molecule has 0 aromatic carbocycles. The Morgan fingerprint density at radius 2 is 2.12 bits per heavy atom. The monoisotopic (exact) mass is 364 g/mol. The van der Waals surface area contributed by atoms with Crippen LogP contribution < -0.4 is 0 Å². The topological polar surface area (TPSA) is 86.4 Å². The second kappa shape index (κ2) is 5.95. The molecule has 3 aliphatic heterocycles. The van der Waals surface area contributed by atoms with Crippen molar-refractivity contribution in [2.75, 3.05) is 32.4 Å². The van der Waals surface area contributed by atoms with Gasteiger partial charge in [-0.15, -0.1) is 0 Å². The van der Waals surface area contributed by atoms with Crippen LogP contribution >= 0.6 is 0 Å². The van der Waals surface area contributed by atoms with Crippen LogP contribution in [0.25, 0.3) is 0 Å². The molecule has 1 spiro atoms. The average molecular weight is 364 g/mol. The van der Waals surface area contributed by atoms with E-state index >= 15 is 0 Å². The number of fused-ring (bicyclic) bond motifs is 2. The second-order valence-corrected chi connectivity index (χ2v) is 9.37. The van der Waals surface area contributed by atoms with Crippen molar-refractivity contribution in [3.05, 3.63) is 29.2 Å². The van der Waals surface area contributed by atoms with Crippen molar-refractivity contribution < 1.29 is 13.2 Å². The summed E-state index contributed by atoms with van der Waals surface area (Å²) < 4.78 is 23.0. The molecule has 1 aromatic rings. The van der Waals surface area contributed by atoms with Gasteiger partial charge in [-0.1, -0.05) is 6.08 Å². The van der Waals surface area contributed by atoms with E-state index in [1.807, 2.05) is 4.90 Å². The molecule has 4 rings (SSSR count). The number of hydrogen-bond donors (Lipinski definition) is 1. The fourth-order valence-corrected chi connectivity index (χ4v) is 5.85. The Kier molecular flexibility index (Phi) is 3.99. The molecule has 1 aromatic heterocycles. The standard InChI is InChI=1S/C17H24N4O3S/c1-20-6-2-14-16(19-12-18-14)17(20)4-7-21(8-5-17)15(22)10-13-3-9-25(23,24)11-13/h3,9,12-13H,2,4-8,10-11H2,1H3,(H,18,19). The quantitative estimate of drug-likeness (QED) is 0.833. The van der Waals surface area contributed by atoms with Crippen LogP contribution in [0.15, 0.2) is 17.8 Å². The van der Waals surface area contributed by atoms with Crippen molar-refractivity contribution in [3.8, 4) is 0 Å². The number of sulfone groups is 1. The Bertz CT molecular complexity index is 806. The molecule has 8 heteroatoms. The van der Waals surface area contributed by atoms with E-state index < -0.39 is 9.84 Å². The molecule has 1 amide bonds. The van der Waals surface area contributed by atoms with Crippen molar-refractivity contribution in [2.24, 2.45) is 5.92 Å². The number of carbonyl (C=O) groups excluding carboxylic acids is 1. The Labute approximate surface area is 148 Å². The lowest BCUT2D eigenvalue weighted by molar-refractivity contribution is -0.134. The molecule has 0 radical (unpaired) electrons. The Morgan fingerprint density at radius 3 is 2.80 bits per heavy atom. The molecule has 1 N–H and O–H groups in total. The molecule has 3 aliphatic rings. The molecule has 7 nitrogen and oxygen atoms in total. The third kappa shape index (κ3) is 2.91. The minimum Gasteiger partial charge on any atom is -0.348 e. The molecule has 4 heterocycles.